The molecule has 1 heterocycles. The summed E-state index contributed by atoms with van der Waals surface area (Å²) in [5, 5.41) is 2.86. The summed E-state index contributed by atoms with van der Waals surface area (Å²) < 4.78 is 27.5. The van der Waals surface area contributed by atoms with Gasteiger partial charge in [0.1, 0.15) is 4.91 Å². The van der Waals surface area contributed by atoms with Crippen molar-refractivity contribution >= 4 is 26.7 Å². The minimum atomic E-state index is -3.99. The van der Waals surface area contributed by atoms with E-state index in [1.54, 1.807) is 43.3 Å². The van der Waals surface area contributed by atoms with Crippen molar-refractivity contribution < 1.29 is 18.0 Å². The zero-order valence-electron chi connectivity index (χ0n) is 20.0. The van der Waals surface area contributed by atoms with Gasteiger partial charge in [-0.25, -0.2) is 12.7 Å². The quantitative estimate of drug-likeness (QED) is 0.516. The minimum Gasteiger partial charge on any atom is -0.348 e. The lowest BCUT2D eigenvalue weighted by molar-refractivity contribution is -0.122. The van der Waals surface area contributed by atoms with Crippen LogP contribution < -0.4 is 5.32 Å². The molecule has 6 nitrogen and oxygen atoms in total. The molecule has 0 fully saturated rings. The van der Waals surface area contributed by atoms with Crippen LogP contribution in [0.25, 0.3) is 4.91 Å². The molecule has 0 bridgehead atoms. The molecule has 0 aromatic heterocycles. The van der Waals surface area contributed by atoms with Gasteiger partial charge in [0.15, 0.2) is 0 Å². The van der Waals surface area contributed by atoms with Crippen LogP contribution in [0.3, 0.4) is 0 Å². The lowest BCUT2D eigenvalue weighted by Gasteiger charge is -2.17. The van der Waals surface area contributed by atoms with Gasteiger partial charge in [0.05, 0.1) is 6.54 Å². The molecule has 1 N–H and O–H groups in total. The number of nitrogens with one attached hydrogen (secondary N) is 1. The van der Waals surface area contributed by atoms with Crippen molar-refractivity contribution in [3.63, 3.8) is 0 Å². The van der Waals surface area contributed by atoms with Crippen molar-refractivity contribution in [1.29, 1.82) is 0 Å². The van der Waals surface area contributed by atoms with E-state index in [2.05, 4.69) is 19.2 Å². The molecule has 0 saturated carbocycles. The molecule has 1 aliphatic heterocycles. The fraction of sp³-hybridized carbons (Fsp3) is 0.214. The second kappa shape index (κ2) is 9.88. The number of carbonyl (C=O) groups excluding carboxylic acids is 2. The van der Waals surface area contributed by atoms with Crippen LogP contribution in [0.1, 0.15) is 59.3 Å². The fourth-order valence-electron chi connectivity index (χ4n) is 4.05. The molecule has 3 aromatic rings. The Hall–Kier alpha value is -3.71. The predicted octanol–water partition coefficient (Wildman–Crippen LogP) is 4.84. The van der Waals surface area contributed by atoms with Gasteiger partial charge in [0.25, 0.3) is 21.8 Å². The van der Waals surface area contributed by atoms with Crippen LogP contribution in [-0.2, 0) is 27.9 Å². The molecular formula is C28H28N2O4S. The minimum absolute atomic E-state index is 0.0507. The van der Waals surface area contributed by atoms with Crippen LogP contribution in [0.4, 0.5) is 0 Å². The second-order valence-electron chi connectivity index (χ2n) is 8.91. The highest BCUT2D eigenvalue weighted by molar-refractivity contribution is 7.99. The van der Waals surface area contributed by atoms with Crippen LogP contribution in [0.5, 0.6) is 0 Å². The van der Waals surface area contributed by atoms with Crippen molar-refractivity contribution in [3.8, 4) is 0 Å². The highest BCUT2D eigenvalue weighted by Crippen LogP contribution is 2.36. The Kier molecular flexibility index (Phi) is 6.89. The van der Waals surface area contributed by atoms with E-state index in [0.29, 0.717) is 29.2 Å². The van der Waals surface area contributed by atoms with E-state index >= 15 is 0 Å². The summed E-state index contributed by atoms with van der Waals surface area (Å²) in [6, 6.07) is 23.5. The number of rotatable bonds is 7. The maximum Gasteiger partial charge on any atom is 0.268 e. The summed E-state index contributed by atoms with van der Waals surface area (Å²) in [4.78, 5) is 25.4. The monoisotopic (exact) mass is 488 g/mol. The maximum absolute atomic E-state index is 13.3. The Bertz CT molecular complexity index is 1380. The van der Waals surface area contributed by atoms with Crippen LogP contribution in [0.15, 0.2) is 84.4 Å². The van der Waals surface area contributed by atoms with E-state index in [0.717, 1.165) is 15.4 Å². The average Bonchev–Trinajstić information content (AvgIpc) is 3.02. The fourth-order valence-corrected chi connectivity index (χ4v) is 5.85. The highest BCUT2D eigenvalue weighted by atomic mass is 32.2. The molecule has 0 spiro atoms. The molecule has 180 valence electrons. The van der Waals surface area contributed by atoms with E-state index in [4.69, 9.17) is 0 Å². The van der Waals surface area contributed by atoms with Crippen LogP contribution in [0, 0.1) is 0 Å². The summed E-state index contributed by atoms with van der Waals surface area (Å²) in [6.07, 6.45) is 0. The Labute approximate surface area is 206 Å². The summed E-state index contributed by atoms with van der Waals surface area (Å²) in [5.74, 6) is -0.437. The summed E-state index contributed by atoms with van der Waals surface area (Å²) in [6.45, 7) is 5.99. The molecule has 0 atom stereocenters. The van der Waals surface area contributed by atoms with E-state index in [-0.39, 0.29) is 22.9 Å². The van der Waals surface area contributed by atoms with Crippen LogP contribution >= 0.6 is 0 Å². The lowest BCUT2D eigenvalue weighted by Crippen LogP contribution is -2.31. The van der Waals surface area contributed by atoms with Gasteiger partial charge >= 0.3 is 0 Å². The van der Waals surface area contributed by atoms with Gasteiger partial charge in [-0.1, -0.05) is 80.6 Å². The third-order valence-corrected chi connectivity index (χ3v) is 8.05. The third-order valence-electron chi connectivity index (χ3n) is 6.11. The topological polar surface area (TPSA) is 83.6 Å². The molecule has 2 amide bonds. The van der Waals surface area contributed by atoms with Crippen molar-refractivity contribution in [1.82, 2.24) is 9.62 Å². The Morgan fingerprint density at radius 1 is 0.886 bits per heavy atom. The van der Waals surface area contributed by atoms with Gasteiger partial charge in [0, 0.05) is 17.7 Å². The number of hydrogen-bond donors (Lipinski definition) is 1. The smallest absolute Gasteiger partial charge is 0.268 e. The SMILES string of the molecule is CC1=C(c2ccc(C(C)C)cc2)S(=O)(=O)N(Cc2ccc(C(=O)NCc3ccccc3)cc2)C1=O. The Balaban J connectivity index is 1.47. The van der Waals surface area contributed by atoms with E-state index in [1.807, 2.05) is 42.5 Å². The Morgan fingerprint density at radius 3 is 2.11 bits per heavy atom. The van der Waals surface area contributed by atoms with Gasteiger partial charge in [-0.05, 0) is 47.2 Å². The first-order valence-electron chi connectivity index (χ1n) is 11.5. The van der Waals surface area contributed by atoms with Crippen LogP contribution in [0.2, 0.25) is 0 Å². The molecular weight excluding hydrogens is 460 g/mol. The standard InChI is InChI=1S/C28H28N2O4S/c1-19(2)23-13-15-24(16-14-23)26-20(3)28(32)30(35(26,33)34)18-22-9-11-25(12-10-22)27(31)29-17-21-7-5-4-6-8-21/h4-16,19H,17-18H2,1-3H3,(H,29,31). The van der Waals surface area contributed by atoms with Crippen molar-refractivity contribution in [2.24, 2.45) is 0 Å². The molecule has 0 unspecified atom stereocenters. The number of carbonyl (C=O) groups is 2. The number of benzene rings is 3. The zero-order valence-corrected chi connectivity index (χ0v) is 20.8. The highest BCUT2D eigenvalue weighted by Gasteiger charge is 2.42. The second-order valence-corrected chi connectivity index (χ2v) is 10.7. The van der Waals surface area contributed by atoms with E-state index in [9.17, 15) is 18.0 Å². The van der Waals surface area contributed by atoms with Gasteiger partial charge in [0.2, 0.25) is 0 Å². The van der Waals surface area contributed by atoms with Crippen molar-refractivity contribution in [2.45, 2.75) is 39.8 Å². The molecule has 0 aliphatic carbocycles. The average molecular weight is 489 g/mol. The first-order valence-corrected chi connectivity index (χ1v) is 12.9. The van der Waals surface area contributed by atoms with E-state index < -0.39 is 15.9 Å². The molecule has 4 rings (SSSR count). The number of amides is 2. The first kappa shape index (κ1) is 24.4. The zero-order chi connectivity index (χ0) is 25.2. The summed E-state index contributed by atoms with van der Waals surface area (Å²) in [7, 11) is -3.99. The van der Waals surface area contributed by atoms with Crippen molar-refractivity contribution in [2.75, 3.05) is 0 Å². The third kappa shape index (κ3) is 5.05. The molecule has 0 saturated heterocycles. The number of hydrogen-bond acceptors (Lipinski definition) is 4. The van der Waals surface area contributed by atoms with Crippen molar-refractivity contribution in [3.05, 3.63) is 112 Å². The van der Waals surface area contributed by atoms with Gasteiger partial charge in [-0.15, -0.1) is 0 Å². The lowest BCUT2D eigenvalue weighted by atomic mass is 10.0. The number of nitrogens with zero attached hydrogens (tertiary/aromatic N) is 1. The van der Waals surface area contributed by atoms with Crippen LogP contribution in [-0.4, -0.2) is 24.5 Å². The van der Waals surface area contributed by atoms with Gasteiger partial charge < -0.3 is 5.32 Å². The summed E-state index contributed by atoms with van der Waals surface area (Å²) >= 11 is 0. The molecule has 1 aliphatic rings. The van der Waals surface area contributed by atoms with Gasteiger partial charge in [-0.2, -0.15) is 0 Å². The predicted molar refractivity (Wildman–Crippen MR) is 137 cm³/mol. The molecule has 7 heteroatoms. The van der Waals surface area contributed by atoms with E-state index in [1.165, 1.54) is 0 Å². The largest absolute Gasteiger partial charge is 0.348 e. The maximum atomic E-state index is 13.3. The normalized spacial score (nSPS) is 15.1. The molecule has 3 aromatic carbocycles. The first-order chi connectivity index (χ1) is 16.7. The molecule has 35 heavy (non-hydrogen) atoms. The molecule has 0 radical (unpaired) electrons. The summed E-state index contributed by atoms with van der Waals surface area (Å²) in [5.41, 5.74) is 3.88. The Morgan fingerprint density at radius 2 is 1.51 bits per heavy atom. The van der Waals surface area contributed by atoms with Gasteiger partial charge in [-0.3, -0.25) is 9.59 Å². The number of sulfonamides is 1.